The second-order valence-electron chi connectivity index (χ2n) is 4.38. The van der Waals surface area contributed by atoms with Gasteiger partial charge in [0.2, 0.25) is 0 Å². The van der Waals surface area contributed by atoms with Crippen molar-refractivity contribution in [2.75, 3.05) is 19.0 Å². The summed E-state index contributed by atoms with van der Waals surface area (Å²) < 4.78 is 18.2. The fourth-order valence-corrected chi connectivity index (χ4v) is 2.11. The van der Waals surface area contributed by atoms with Gasteiger partial charge in [0.15, 0.2) is 0 Å². The van der Waals surface area contributed by atoms with E-state index < -0.39 is 0 Å². The molecule has 0 spiro atoms. The minimum Gasteiger partial charge on any atom is -0.494 e. The summed E-state index contributed by atoms with van der Waals surface area (Å²) >= 11 is 0. The van der Waals surface area contributed by atoms with Crippen molar-refractivity contribution < 1.29 is 9.13 Å². The largest absolute Gasteiger partial charge is 0.494 e. The van der Waals surface area contributed by atoms with Crippen molar-refractivity contribution in [2.45, 2.75) is 19.3 Å². The lowest BCUT2D eigenvalue weighted by atomic mass is 9.94. The fraction of sp³-hybridized carbons (Fsp3) is 0.429. The van der Waals surface area contributed by atoms with Crippen LogP contribution in [0.2, 0.25) is 0 Å². The maximum atomic E-state index is 13.0. The van der Waals surface area contributed by atoms with Crippen LogP contribution < -0.4 is 10.1 Å². The van der Waals surface area contributed by atoms with Crippen LogP contribution in [0.3, 0.4) is 0 Å². The van der Waals surface area contributed by atoms with Crippen LogP contribution >= 0.6 is 0 Å². The van der Waals surface area contributed by atoms with E-state index in [4.69, 9.17) is 4.74 Å². The highest BCUT2D eigenvalue weighted by atomic mass is 19.1. The third kappa shape index (κ3) is 3.22. The van der Waals surface area contributed by atoms with Gasteiger partial charge >= 0.3 is 0 Å². The number of ether oxygens (including phenoxy) is 1. The molecule has 1 aliphatic rings. The van der Waals surface area contributed by atoms with Gasteiger partial charge in [-0.15, -0.1) is 0 Å². The van der Waals surface area contributed by atoms with E-state index in [1.807, 2.05) is 0 Å². The summed E-state index contributed by atoms with van der Waals surface area (Å²) in [6.07, 6.45) is 7.96. The predicted molar refractivity (Wildman–Crippen MR) is 67.9 cm³/mol. The van der Waals surface area contributed by atoms with Gasteiger partial charge in [0, 0.05) is 12.6 Å². The van der Waals surface area contributed by atoms with E-state index in [0.29, 0.717) is 11.7 Å². The Morgan fingerprint density at radius 1 is 1.41 bits per heavy atom. The Morgan fingerprint density at radius 3 is 3.00 bits per heavy atom. The van der Waals surface area contributed by atoms with Crippen LogP contribution in [0.4, 0.5) is 10.1 Å². The van der Waals surface area contributed by atoms with Gasteiger partial charge in [0.1, 0.15) is 11.6 Å². The second kappa shape index (κ2) is 5.71. The Kier molecular flexibility index (Phi) is 4.02. The second-order valence-corrected chi connectivity index (χ2v) is 4.38. The number of hydrogen-bond donors (Lipinski definition) is 1. The normalized spacial score (nSPS) is 19.1. The molecule has 1 aromatic rings. The number of hydrogen-bond acceptors (Lipinski definition) is 2. The number of rotatable bonds is 4. The van der Waals surface area contributed by atoms with Crippen molar-refractivity contribution in [2.24, 2.45) is 5.92 Å². The molecule has 17 heavy (non-hydrogen) atoms. The Balaban J connectivity index is 1.96. The summed E-state index contributed by atoms with van der Waals surface area (Å²) in [5, 5.41) is 3.34. The van der Waals surface area contributed by atoms with Crippen LogP contribution in [0.1, 0.15) is 19.3 Å². The topological polar surface area (TPSA) is 21.3 Å². The van der Waals surface area contributed by atoms with Crippen molar-refractivity contribution in [3.05, 3.63) is 36.2 Å². The molecular formula is C14H18FNO. The summed E-state index contributed by atoms with van der Waals surface area (Å²) in [6, 6.07) is 4.58. The molecule has 2 rings (SSSR count). The van der Waals surface area contributed by atoms with E-state index in [0.717, 1.165) is 25.1 Å². The molecule has 0 heterocycles. The number of methoxy groups -OCH3 is 1. The number of anilines is 1. The predicted octanol–water partition coefficient (Wildman–Crippen LogP) is 3.60. The molecule has 2 nitrogen and oxygen atoms in total. The maximum Gasteiger partial charge on any atom is 0.144 e. The molecule has 0 amide bonds. The summed E-state index contributed by atoms with van der Waals surface area (Å²) in [5.74, 6) is 0.958. The van der Waals surface area contributed by atoms with Crippen molar-refractivity contribution in [3.8, 4) is 5.75 Å². The SMILES string of the molecule is COc1cc(F)ccc1NCC1CC=CCC1. The van der Waals surface area contributed by atoms with Crippen LogP contribution in [0.15, 0.2) is 30.4 Å². The molecule has 3 heteroatoms. The quantitative estimate of drug-likeness (QED) is 0.805. The standard InChI is InChI=1S/C14H18FNO/c1-17-14-9-12(15)7-8-13(14)16-10-11-5-3-2-4-6-11/h2-3,7-9,11,16H,4-6,10H2,1H3. The van der Waals surface area contributed by atoms with Crippen molar-refractivity contribution in [1.29, 1.82) is 0 Å². The highest BCUT2D eigenvalue weighted by Crippen LogP contribution is 2.26. The molecule has 1 aliphatic carbocycles. The summed E-state index contributed by atoms with van der Waals surface area (Å²) in [4.78, 5) is 0. The van der Waals surface area contributed by atoms with E-state index in [2.05, 4.69) is 17.5 Å². The molecule has 0 aliphatic heterocycles. The van der Waals surface area contributed by atoms with Crippen molar-refractivity contribution >= 4 is 5.69 Å². The zero-order valence-corrected chi connectivity index (χ0v) is 10.1. The Hall–Kier alpha value is -1.51. The highest BCUT2D eigenvalue weighted by molar-refractivity contribution is 5.56. The smallest absolute Gasteiger partial charge is 0.144 e. The zero-order chi connectivity index (χ0) is 12.1. The molecule has 1 unspecified atom stereocenters. The Labute approximate surface area is 101 Å². The molecule has 1 atom stereocenters. The van der Waals surface area contributed by atoms with E-state index >= 15 is 0 Å². The number of benzene rings is 1. The first-order valence-electron chi connectivity index (χ1n) is 6.02. The Morgan fingerprint density at radius 2 is 2.29 bits per heavy atom. The summed E-state index contributed by atoms with van der Waals surface area (Å²) in [5.41, 5.74) is 0.864. The minimum absolute atomic E-state index is 0.270. The van der Waals surface area contributed by atoms with Gasteiger partial charge in [-0.2, -0.15) is 0 Å². The molecule has 1 aromatic carbocycles. The number of nitrogens with one attached hydrogen (secondary N) is 1. The first-order valence-corrected chi connectivity index (χ1v) is 6.02. The average molecular weight is 235 g/mol. The van der Waals surface area contributed by atoms with Gasteiger partial charge in [0.25, 0.3) is 0 Å². The van der Waals surface area contributed by atoms with E-state index in [1.54, 1.807) is 13.2 Å². The van der Waals surface area contributed by atoms with Gasteiger partial charge in [-0.25, -0.2) is 4.39 Å². The lowest BCUT2D eigenvalue weighted by molar-refractivity contribution is 0.412. The molecule has 0 saturated heterocycles. The Bertz CT molecular complexity index is 403. The average Bonchev–Trinajstić information content (AvgIpc) is 2.38. The maximum absolute atomic E-state index is 13.0. The van der Waals surface area contributed by atoms with Gasteiger partial charge < -0.3 is 10.1 Å². The summed E-state index contributed by atoms with van der Waals surface area (Å²) in [6.45, 7) is 0.909. The third-order valence-corrected chi connectivity index (χ3v) is 3.12. The fourth-order valence-electron chi connectivity index (χ4n) is 2.11. The van der Waals surface area contributed by atoms with Gasteiger partial charge in [-0.1, -0.05) is 12.2 Å². The molecule has 0 radical (unpaired) electrons. The van der Waals surface area contributed by atoms with E-state index in [9.17, 15) is 4.39 Å². The molecule has 1 N–H and O–H groups in total. The van der Waals surface area contributed by atoms with Crippen LogP contribution in [0.5, 0.6) is 5.75 Å². The van der Waals surface area contributed by atoms with Crippen LogP contribution in [0, 0.1) is 11.7 Å². The van der Waals surface area contributed by atoms with E-state index in [-0.39, 0.29) is 5.82 Å². The molecule has 0 fully saturated rings. The molecule has 92 valence electrons. The minimum atomic E-state index is -0.270. The monoisotopic (exact) mass is 235 g/mol. The third-order valence-electron chi connectivity index (χ3n) is 3.12. The first kappa shape index (κ1) is 12.0. The van der Waals surface area contributed by atoms with Gasteiger partial charge in [-0.05, 0) is 37.3 Å². The van der Waals surface area contributed by atoms with Crippen LogP contribution in [-0.4, -0.2) is 13.7 Å². The number of halogens is 1. The first-order chi connectivity index (χ1) is 8.29. The molecule has 0 aromatic heterocycles. The molecular weight excluding hydrogens is 217 g/mol. The van der Waals surface area contributed by atoms with Crippen LogP contribution in [0.25, 0.3) is 0 Å². The zero-order valence-electron chi connectivity index (χ0n) is 10.1. The lowest BCUT2D eigenvalue weighted by Gasteiger charge is -2.19. The molecule has 0 saturated carbocycles. The van der Waals surface area contributed by atoms with Gasteiger partial charge in [0.05, 0.1) is 12.8 Å². The lowest BCUT2D eigenvalue weighted by Crippen LogP contribution is -2.15. The highest BCUT2D eigenvalue weighted by Gasteiger charge is 2.11. The molecule has 0 bridgehead atoms. The van der Waals surface area contributed by atoms with Gasteiger partial charge in [-0.3, -0.25) is 0 Å². The number of allylic oxidation sites excluding steroid dienone is 2. The van der Waals surface area contributed by atoms with Crippen molar-refractivity contribution in [3.63, 3.8) is 0 Å². The van der Waals surface area contributed by atoms with Crippen LogP contribution in [-0.2, 0) is 0 Å². The summed E-state index contributed by atoms with van der Waals surface area (Å²) in [7, 11) is 1.56. The van der Waals surface area contributed by atoms with Crippen molar-refractivity contribution in [1.82, 2.24) is 0 Å². The van der Waals surface area contributed by atoms with E-state index in [1.165, 1.54) is 18.6 Å².